The van der Waals surface area contributed by atoms with Crippen molar-refractivity contribution in [2.45, 2.75) is 57.9 Å². The van der Waals surface area contributed by atoms with Crippen LogP contribution in [0, 0.1) is 0 Å². The molecule has 1 heterocycles. The van der Waals surface area contributed by atoms with E-state index in [-0.39, 0.29) is 5.54 Å². The van der Waals surface area contributed by atoms with Gasteiger partial charge in [-0.15, -0.1) is 0 Å². The summed E-state index contributed by atoms with van der Waals surface area (Å²) < 4.78 is 0. The zero-order valence-corrected chi connectivity index (χ0v) is 9.89. The number of rotatable bonds is 7. The topological polar surface area (TPSA) is 29.3 Å². The van der Waals surface area contributed by atoms with E-state index in [4.69, 9.17) is 5.73 Å². The number of nitrogens with zero attached hydrogens (tertiary/aromatic N) is 1. The van der Waals surface area contributed by atoms with Gasteiger partial charge in [-0.25, -0.2) is 0 Å². The van der Waals surface area contributed by atoms with Crippen molar-refractivity contribution >= 4 is 0 Å². The highest BCUT2D eigenvalue weighted by molar-refractivity contribution is 4.98. The first-order valence-electron chi connectivity index (χ1n) is 6.21. The van der Waals surface area contributed by atoms with Gasteiger partial charge in [0.25, 0.3) is 0 Å². The Morgan fingerprint density at radius 1 is 1.07 bits per heavy atom. The molecule has 2 nitrogen and oxygen atoms in total. The summed E-state index contributed by atoms with van der Waals surface area (Å²) in [7, 11) is 0. The van der Waals surface area contributed by atoms with Crippen molar-refractivity contribution in [1.29, 1.82) is 0 Å². The molecule has 0 aliphatic carbocycles. The molecule has 0 saturated carbocycles. The summed E-state index contributed by atoms with van der Waals surface area (Å²) in [5.74, 6) is 0. The molecular weight excluding hydrogens is 172 g/mol. The van der Waals surface area contributed by atoms with E-state index >= 15 is 0 Å². The second-order valence-electron chi connectivity index (χ2n) is 4.84. The summed E-state index contributed by atoms with van der Waals surface area (Å²) in [6.45, 7) is 7.97. The van der Waals surface area contributed by atoms with Gasteiger partial charge >= 0.3 is 0 Å². The van der Waals surface area contributed by atoms with Gasteiger partial charge in [-0.2, -0.15) is 0 Å². The molecule has 0 aromatic rings. The number of unbranched alkanes of at least 4 members (excludes halogenated alkanes) is 4. The van der Waals surface area contributed by atoms with Crippen molar-refractivity contribution in [3.05, 3.63) is 0 Å². The largest absolute Gasteiger partial charge is 0.323 e. The molecule has 0 bridgehead atoms. The lowest BCUT2D eigenvalue weighted by atomic mass is 9.88. The third kappa shape index (κ3) is 3.58. The molecule has 2 heteroatoms. The monoisotopic (exact) mass is 198 g/mol. The van der Waals surface area contributed by atoms with E-state index in [0.29, 0.717) is 0 Å². The van der Waals surface area contributed by atoms with Crippen LogP contribution in [-0.4, -0.2) is 30.1 Å². The van der Waals surface area contributed by atoms with E-state index in [9.17, 15) is 0 Å². The minimum Gasteiger partial charge on any atom is -0.323 e. The van der Waals surface area contributed by atoms with Crippen molar-refractivity contribution in [3.63, 3.8) is 0 Å². The van der Waals surface area contributed by atoms with Gasteiger partial charge < -0.3 is 5.73 Å². The van der Waals surface area contributed by atoms with Gasteiger partial charge in [0.1, 0.15) is 0 Å². The van der Waals surface area contributed by atoms with Crippen molar-refractivity contribution in [2.24, 2.45) is 5.73 Å². The quantitative estimate of drug-likeness (QED) is 0.636. The van der Waals surface area contributed by atoms with Crippen molar-refractivity contribution in [2.75, 3.05) is 19.6 Å². The first-order chi connectivity index (χ1) is 6.70. The summed E-state index contributed by atoms with van der Waals surface area (Å²) in [4.78, 5) is 2.50. The zero-order valence-electron chi connectivity index (χ0n) is 9.89. The summed E-state index contributed by atoms with van der Waals surface area (Å²) >= 11 is 0. The SMILES string of the molecule is CCCCCCCN1CC(N)(CC)C1. The molecule has 0 atom stereocenters. The molecule has 0 unspecified atom stereocenters. The minimum absolute atomic E-state index is 0.156. The maximum absolute atomic E-state index is 6.10. The molecule has 14 heavy (non-hydrogen) atoms. The molecule has 1 aliphatic rings. The van der Waals surface area contributed by atoms with Crippen LogP contribution in [0.1, 0.15) is 52.4 Å². The van der Waals surface area contributed by atoms with Crippen LogP contribution < -0.4 is 5.73 Å². The molecule has 0 amide bonds. The molecule has 1 aliphatic heterocycles. The third-order valence-corrected chi connectivity index (χ3v) is 3.36. The zero-order chi connectivity index (χ0) is 10.4. The standard InChI is InChI=1S/C12H26N2/c1-3-5-6-7-8-9-14-10-12(13,4-2)11-14/h3-11,13H2,1-2H3. The summed E-state index contributed by atoms with van der Waals surface area (Å²) in [5, 5.41) is 0. The minimum atomic E-state index is 0.156. The fourth-order valence-electron chi connectivity index (χ4n) is 2.17. The van der Waals surface area contributed by atoms with E-state index in [0.717, 1.165) is 19.5 Å². The van der Waals surface area contributed by atoms with E-state index in [1.807, 2.05) is 0 Å². The fraction of sp³-hybridized carbons (Fsp3) is 1.00. The summed E-state index contributed by atoms with van der Waals surface area (Å²) in [5.41, 5.74) is 6.26. The Balaban J connectivity index is 1.91. The Kier molecular flexibility index (Phi) is 4.90. The number of likely N-dealkylation sites (tertiary alicyclic amines) is 1. The molecule has 2 N–H and O–H groups in total. The molecule has 1 saturated heterocycles. The Morgan fingerprint density at radius 2 is 1.71 bits per heavy atom. The van der Waals surface area contributed by atoms with Crippen molar-refractivity contribution in [3.8, 4) is 0 Å². The van der Waals surface area contributed by atoms with Crippen LogP contribution >= 0.6 is 0 Å². The normalized spacial score (nSPS) is 20.8. The van der Waals surface area contributed by atoms with Crippen molar-refractivity contribution < 1.29 is 0 Å². The Morgan fingerprint density at radius 3 is 2.29 bits per heavy atom. The molecule has 0 spiro atoms. The Hall–Kier alpha value is -0.0800. The maximum Gasteiger partial charge on any atom is 0.0409 e. The van der Waals surface area contributed by atoms with E-state index in [1.165, 1.54) is 38.6 Å². The first-order valence-corrected chi connectivity index (χ1v) is 6.21. The van der Waals surface area contributed by atoms with Crippen LogP contribution in [0.3, 0.4) is 0 Å². The predicted molar refractivity (Wildman–Crippen MR) is 62.4 cm³/mol. The summed E-state index contributed by atoms with van der Waals surface area (Å²) in [6, 6.07) is 0. The number of hydrogen-bond donors (Lipinski definition) is 1. The smallest absolute Gasteiger partial charge is 0.0409 e. The van der Waals surface area contributed by atoms with Gasteiger partial charge in [-0.05, 0) is 19.4 Å². The van der Waals surface area contributed by atoms with Gasteiger partial charge in [-0.1, -0.05) is 39.5 Å². The van der Waals surface area contributed by atoms with E-state index < -0.39 is 0 Å². The number of nitrogens with two attached hydrogens (primary N) is 1. The second-order valence-corrected chi connectivity index (χ2v) is 4.84. The van der Waals surface area contributed by atoms with E-state index in [1.54, 1.807) is 0 Å². The van der Waals surface area contributed by atoms with E-state index in [2.05, 4.69) is 18.7 Å². The molecule has 84 valence electrons. The van der Waals surface area contributed by atoms with Gasteiger partial charge in [0, 0.05) is 18.6 Å². The molecule has 1 rings (SSSR count). The van der Waals surface area contributed by atoms with Gasteiger partial charge in [-0.3, -0.25) is 4.90 Å². The average Bonchev–Trinajstić information content (AvgIpc) is 2.14. The lowest BCUT2D eigenvalue weighted by Crippen LogP contribution is -2.66. The second kappa shape index (κ2) is 5.72. The highest BCUT2D eigenvalue weighted by Crippen LogP contribution is 2.21. The Labute approximate surface area is 88.8 Å². The molecular formula is C12H26N2. The third-order valence-electron chi connectivity index (χ3n) is 3.36. The molecule has 0 aromatic carbocycles. The molecule has 1 fully saturated rings. The first kappa shape index (κ1) is 12.0. The van der Waals surface area contributed by atoms with Crippen LogP contribution in [0.25, 0.3) is 0 Å². The predicted octanol–water partition coefficient (Wildman–Crippen LogP) is 2.38. The van der Waals surface area contributed by atoms with Gasteiger partial charge in [0.2, 0.25) is 0 Å². The highest BCUT2D eigenvalue weighted by Gasteiger charge is 2.36. The van der Waals surface area contributed by atoms with Gasteiger partial charge in [0.15, 0.2) is 0 Å². The Bertz CT molecular complexity index is 150. The number of hydrogen-bond acceptors (Lipinski definition) is 2. The maximum atomic E-state index is 6.10. The van der Waals surface area contributed by atoms with Crippen LogP contribution in [0.4, 0.5) is 0 Å². The molecule has 0 radical (unpaired) electrons. The lowest BCUT2D eigenvalue weighted by molar-refractivity contribution is 0.0663. The van der Waals surface area contributed by atoms with Crippen LogP contribution in [0.2, 0.25) is 0 Å². The van der Waals surface area contributed by atoms with Crippen LogP contribution in [0.5, 0.6) is 0 Å². The lowest BCUT2D eigenvalue weighted by Gasteiger charge is -2.47. The molecule has 0 aromatic heterocycles. The van der Waals surface area contributed by atoms with Crippen LogP contribution in [-0.2, 0) is 0 Å². The summed E-state index contributed by atoms with van der Waals surface area (Å²) in [6.07, 6.45) is 8.03. The van der Waals surface area contributed by atoms with Crippen LogP contribution in [0.15, 0.2) is 0 Å². The van der Waals surface area contributed by atoms with Crippen molar-refractivity contribution in [1.82, 2.24) is 4.90 Å². The average molecular weight is 198 g/mol. The van der Waals surface area contributed by atoms with Gasteiger partial charge in [0.05, 0.1) is 0 Å². The highest BCUT2D eigenvalue weighted by atomic mass is 15.2. The fourth-order valence-corrected chi connectivity index (χ4v) is 2.17.